The Bertz CT molecular complexity index is 986. The van der Waals surface area contributed by atoms with Gasteiger partial charge in [-0.2, -0.15) is 0 Å². The number of amides is 4. The minimum atomic E-state index is -0.349. The van der Waals surface area contributed by atoms with Crippen molar-refractivity contribution in [2.75, 3.05) is 49.5 Å². The van der Waals surface area contributed by atoms with Crippen LogP contribution >= 0.6 is 11.3 Å². The van der Waals surface area contributed by atoms with Gasteiger partial charge in [0.05, 0.1) is 18.7 Å². The number of anilines is 2. The molecule has 0 aliphatic carbocycles. The lowest BCUT2D eigenvalue weighted by atomic mass is 10.0. The van der Waals surface area contributed by atoms with Gasteiger partial charge in [0, 0.05) is 43.8 Å². The molecule has 2 aliphatic heterocycles. The van der Waals surface area contributed by atoms with Crippen molar-refractivity contribution in [3.63, 3.8) is 0 Å². The summed E-state index contributed by atoms with van der Waals surface area (Å²) in [5.41, 5.74) is 2.82. The number of aryl methyl sites for hydroxylation is 1. The van der Waals surface area contributed by atoms with Gasteiger partial charge >= 0.3 is 12.1 Å². The molecular weight excluding hydrogens is 430 g/mol. The smallest absolute Gasteiger partial charge is 0.409 e. The molecule has 0 radical (unpaired) electrons. The Morgan fingerprint density at radius 2 is 1.84 bits per heavy atom. The molecule has 2 aromatic rings. The van der Waals surface area contributed by atoms with Crippen LogP contribution in [0.25, 0.3) is 0 Å². The topological polar surface area (TPSA) is 95.1 Å². The average molecular weight is 458 g/mol. The number of nitrogens with one attached hydrogen (secondary N) is 1. The van der Waals surface area contributed by atoms with Crippen LogP contribution in [0.5, 0.6) is 0 Å². The van der Waals surface area contributed by atoms with Gasteiger partial charge in [-0.1, -0.05) is 18.2 Å². The molecule has 1 saturated heterocycles. The molecule has 9 nitrogen and oxygen atoms in total. The maximum absolute atomic E-state index is 12.9. The number of benzene rings is 1. The van der Waals surface area contributed by atoms with Crippen molar-refractivity contribution in [2.24, 2.45) is 0 Å². The van der Waals surface area contributed by atoms with Gasteiger partial charge < -0.3 is 19.4 Å². The summed E-state index contributed by atoms with van der Waals surface area (Å²) < 4.78 is 5.00. The summed E-state index contributed by atoms with van der Waals surface area (Å²) in [4.78, 5) is 46.7. The second-order valence-electron chi connectivity index (χ2n) is 7.70. The van der Waals surface area contributed by atoms with E-state index < -0.39 is 0 Å². The Morgan fingerprint density at radius 3 is 2.62 bits per heavy atom. The van der Waals surface area contributed by atoms with Crippen LogP contribution in [0.3, 0.4) is 0 Å². The molecule has 4 rings (SSSR count). The fourth-order valence-corrected chi connectivity index (χ4v) is 4.67. The summed E-state index contributed by atoms with van der Waals surface area (Å²) in [7, 11) is 0. The zero-order valence-electron chi connectivity index (χ0n) is 18.1. The van der Waals surface area contributed by atoms with Crippen molar-refractivity contribution in [3.05, 3.63) is 40.9 Å². The summed E-state index contributed by atoms with van der Waals surface area (Å²) in [6.07, 6.45) is 1.78. The molecule has 1 aromatic carbocycles. The molecule has 0 saturated carbocycles. The summed E-state index contributed by atoms with van der Waals surface area (Å²) >= 11 is 1.30. The molecule has 2 aliphatic rings. The zero-order chi connectivity index (χ0) is 22.5. The van der Waals surface area contributed by atoms with Gasteiger partial charge in [-0.3, -0.25) is 10.1 Å². The highest BCUT2D eigenvalue weighted by Gasteiger charge is 2.26. The van der Waals surface area contributed by atoms with Gasteiger partial charge in [-0.15, -0.1) is 11.3 Å². The van der Waals surface area contributed by atoms with E-state index in [9.17, 15) is 14.4 Å². The van der Waals surface area contributed by atoms with Crippen molar-refractivity contribution < 1.29 is 19.1 Å². The van der Waals surface area contributed by atoms with Crippen molar-refractivity contribution in [2.45, 2.75) is 26.2 Å². The molecular formula is C22H27N5O4S. The molecule has 1 fully saturated rings. The van der Waals surface area contributed by atoms with Gasteiger partial charge in [-0.05, 0) is 31.4 Å². The average Bonchev–Trinajstić information content (AvgIpc) is 3.25. The molecule has 10 heteroatoms. The van der Waals surface area contributed by atoms with E-state index in [1.54, 1.807) is 16.7 Å². The molecule has 1 aromatic heterocycles. The number of ether oxygens (including phenoxy) is 1. The molecule has 0 atom stereocenters. The lowest BCUT2D eigenvalue weighted by Crippen LogP contribution is -2.51. The number of carbonyl (C=O) groups excluding carboxylic acids is 3. The van der Waals surface area contributed by atoms with Crippen LogP contribution in [0, 0.1) is 0 Å². The highest BCUT2D eigenvalue weighted by molar-refractivity contribution is 7.13. The van der Waals surface area contributed by atoms with Crippen molar-refractivity contribution in [1.82, 2.24) is 14.8 Å². The number of carbonyl (C=O) groups is 3. The van der Waals surface area contributed by atoms with E-state index >= 15 is 0 Å². The lowest BCUT2D eigenvalue weighted by Gasteiger charge is -2.33. The number of piperazine rings is 1. The first kappa shape index (κ1) is 22.1. The number of rotatable bonds is 4. The first-order valence-corrected chi connectivity index (χ1v) is 11.7. The summed E-state index contributed by atoms with van der Waals surface area (Å²) in [6, 6.07) is 7.75. The van der Waals surface area contributed by atoms with E-state index in [0.717, 1.165) is 18.5 Å². The van der Waals surface area contributed by atoms with Gasteiger partial charge in [0.15, 0.2) is 5.13 Å². The third kappa shape index (κ3) is 5.01. The largest absolute Gasteiger partial charge is 0.450 e. The highest BCUT2D eigenvalue weighted by atomic mass is 32.1. The van der Waals surface area contributed by atoms with Crippen molar-refractivity contribution in [3.8, 4) is 0 Å². The van der Waals surface area contributed by atoms with E-state index in [-0.39, 0.29) is 24.5 Å². The maximum Gasteiger partial charge on any atom is 0.409 e. The Hall–Kier alpha value is -3.14. The number of hydrogen-bond acceptors (Lipinski definition) is 6. The molecule has 0 spiro atoms. The minimum absolute atomic E-state index is 0.00964. The second-order valence-corrected chi connectivity index (χ2v) is 8.56. The number of urea groups is 1. The van der Waals surface area contributed by atoms with Crippen LogP contribution in [0.4, 0.5) is 20.4 Å². The van der Waals surface area contributed by atoms with Crippen LogP contribution in [0.15, 0.2) is 29.6 Å². The lowest BCUT2D eigenvalue weighted by molar-refractivity contribution is -0.118. The van der Waals surface area contributed by atoms with E-state index in [1.807, 2.05) is 28.5 Å². The monoisotopic (exact) mass is 457 g/mol. The molecule has 170 valence electrons. The summed E-state index contributed by atoms with van der Waals surface area (Å²) in [6.45, 7) is 4.52. The van der Waals surface area contributed by atoms with Crippen LogP contribution in [-0.4, -0.2) is 72.1 Å². The number of para-hydroxylation sites is 1. The van der Waals surface area contributed by atoms with Crippen LogP contribution in [0.1, 0.15) is 24.6 Å². The first-order chi connectivity index (χ1) is 15.5. The van der Waals surface area contributed by atoms with Gasteiger partial charge in [-0.25, -0.2) is 14.6 Å². The van der Waals surface area contributed by atoms with Gasteiger partial charge in [0.1, 0.15) is 0 Å². The third-order valence-corrected chi connectivity index (χ3v) is 6.41. The number of nitrogens with zero attached hydrogens (tertiary/aromatic N) is 4. The van der Waals surface area contributed by atoms with Crippen LogP contribution in [-0.2, 0) is 22.4 Å². The molecule has 3 heterocycles. The molecule has 0 unspecified atom stereocenters. The van der Waals surface area contributed by atoms with Crippen molar-refractivity contribution in [1.29, 1.82) is 0 Å². The fourth-order valence-electron chi connectivity index (χ4n) is 3.97. The van der Waals surface area contributed by atoms with Crippen LogP contribution < -0.4 is 10.2 Å². The van der Waals surface area contributed by atoms with Crippen LogP contribution in [0.2, 0.25) is 0 Å². The SMILES string of the molecule is CCOC(=O)N1CCN(C(=O)Nc2nc(CC(=O)N3CCCc4ccccc43)cs2)CC1. The summed E-state index contributed by atoms with van der Waals surface area (Å²) in [5.74, 6) is 0.00964. The summed E-state index contributed by atoms with van der Waals surface area (Å²) in [5, 5.41) is 5.07. The Balaban J connectivity index is 1.30. The Morgan fingerprint density at radius 1 is 1.09 bits per heavy atom. The Kier molecular flexibility index (Phi) is 6.89. The van der Waals surface area contributed by atoms with E-state index in [4.69, 9.17) is 4.74 Å². The minimum Gasteiger partial charge on any atom is -0.450 e. The highest BCUT2D eigenvalue weighted by Crippen LogP contribution is 2.27. The number of hydrogen-bond donors (Lipinski definition) is 1. The number of thiazole rings is 1. The molecule has 1 N–H and O–H groups in total. The fraction of sp³-hybridized carbons (Fsp3) is 0.455. The molecule has 32 heavy (non-hydrogen) atoms. The maximum atomic E-state index is 12.9. The standard InChI is InChI=1S/C22H27N5O4S/c1-2-31-22(30)26-12-10-25(11-13-26)21(29)24-20-23-17(15-32-20)14-19(28)27-9-5-7-16-6-3-4-8-18(16)27/h3-4,6,8,15H,2,5,7,9-14H2,1H3,(H,23,24,29). The predicted octanol–water partition coefficient (Wildman–Crippen LogP) is 2.97. The van der Waals surface area contributed by atoms with E-state index in [2.05, 4.69) is 16.4 Å². The zero-order valence-corrected chi connectivity index (χ0v) is 18.9. The third-order valence-electron chi connectivity index (χ3n) is 5.60. The molecule has 0 bridgehead atoms. The predicted molar refractivity (Wildman–Crippen MR) is 122 cm³/mol. The Labute approximate surface area is 191 Å². The number of aromatic nitrogens is 1. The van der Waals surface area contributed by atoms with E-state index in [0.29, 0.717) is 50.2 Å². The van der Waals surface area contributed by atoms with Gasteiger partial charge in [0.25, 0.3) is 0 Å². The van der Waals surface area contributed by atoms with Gasteiger partial charge in [0.2, 0.25) is 5.91 Å². The van der Waals surface area contributed by atoms with Crippen molar-refractivity contribution >= 4 is 40.2 Å². The second kappa shape index (κ2) is 9.99. The quantitative estimate of drug-likeness (QED) is 0.762. The number of fused-ring (bicyclic) bond motifs is 1. The normalized spacial score (nSPS) is 15.8. The first-order valence-electron chi connectivity index (χ1n) is 10.9. The van der Waals surface area contributed by atoms with E-state index in [1.165, 1.54) is 16.9 Å². The molecule has 4 amide bonds.